The van der Waals surface area contributed by atoms with Gasteiger partial charge in [-0.25, -0.2) is 9.78 Å². The first-order valence-corrected chi connectivity index (χ1v) is 9.30. The van der Waals surface area contributed by atoms with E-state index in [1.807, 2.05) is 49.4 Å². The van der Waals surface area contributed by atoms with Gasteiger partial charge in [0.25, 0.3) is 0 Å². The summed E-state index contributed by atoms with van der Waals surface area (Å²) in [6, 6.07) is 14.0. The first kappa shape index (κ1) is 20.9. The number of nitrogens with one attached hydrogen (secondary N) is 1. The van der Waals surface area contributed by atoms with Crippen molar-refractivity contribution in [1.29, 1.82) is 0 Å². The third-order valence-corrected chi connectivity index (χ3v) is 4.31. The second kappa shape index (κ2) is 9.62. The fourth-order valence-corrected chi connectivity index (χ4v) is 2.86. The lowest BCUT2D eigenvalue weighted by molar-refractivity contribution is -0.139. The maximum Gasteiger partial charge on any atom is 0.341 e. The number of carbonyl (C=O) groups excluding carboxylic acids is 1. The van der Waals surface area contributed by atoms with E-state index in [4.69, 9.17) is 15.6 Å². The lowest BCUT2D eigenvalue weighted by Gasteiger charge is -2.15. The molecule has 3 rings (SSSR count). The van der Waals surface area contributed by atoms with Crippen molar-refractivity contribution >= 4 is 17.6 Å². The number of hydrogen-bond acceptors (Lipinski definition) is 6. The summed E-state index contributed by atoms with van der Waals surface area (Å²) >= 11 is 0. The number of hydrogen-bond donors (Lipinski definition) is 3. The van der Waals surface area contributed by atoms with Crippen molar-refractivity contribution < 1.29 is 19.4 Å². The number of amides is 1. The highest BCUT2D eigenvalue weighted by atomic mass is 16.5. The summed E-state index contributed by atoms with van der Waals surface area (Å²) in [7, 11) is 0. The molecule has 0 radical (unpaired) electrons. The van der Waals surface area contributed by atoms with Crippen molar-refractivity contribution in [3.63, 3.8) is 0 Å². The van der Waals surface area contributed by atoms with E-state index in [0.29, 0.717) is 6.42 Å². The third kappa shape index (κ3) is 5.62. The van der Waals surface area contributed by atoms with E-state index in [2.05, 4.69) is 15.3 Å². The number of aliphatic carboxylic acids is 1. The number of nitrogens with two attached hydrogens (primary N) is 1. The van der Waals surface area contributed by atoms with Crippen LogP contribution >= 0.6 is 0 Å². The van der Waals surface area contributed by atoms with Crippen LogP contribution in [0.5, 0.6) is 5.88 Å². The maximum absolute atomic E-state index is 12.7. The first-order valence-electron chi connectivity index (χ1n) is 9.30. The number of pyridine rings is 2. The number of carbonyl (C=O) groups is 2. The van der Waals surface area contributed by atoms with Gasteiger partial charge in [0.15, 0.2) is 6.61 Å². The van der Waals surface area contributed by atoms with E-state index in [1.165, 1.54) is 0 Å². The van der Waals surface area contributed by atoms with Crippen molar-refractivity contribution in [1.82, 2.24) is 9.97 Å². The molecule has 0 saturated carbocycles. The molecule has 30 heavy (non-hydrogen) atoms. The topological polar surface area (TPSA) is 127 Å². The summed E-state index contributed by atoms with van der Waals surface area (Å²) in [4.78, 5) is 31.9. The molecule has 0 bridgehead atoms. The number of nitrogens with zero attached hydrogens (tertiary/aromatic N) is 2. The molecule has 0 saturated heterocycles. The van der Waals surface area contributed by atoms with Crippen molar-refractivity contribution in [2.75, 3.05) is 11.9 Å². The smallest absolute Gasteiger partial charge is 0.341 e. The van der Waals surface area contributed by atoms with Crippen molar-refractivity contribution in [3.8, 4) is 17.0 Å². The van der Waals surface area contributed by atoms with Crippen LogP contribution in [-0.4, -0.2) is 39.6 Å². The van der Waals surface area contributed by atoms with Gasteiger partial charge in [0.2, 0.25) is 11.8 Å². The molecular weight excluding hydrogens is 384 g/mol. The Labute approximate surface area is 173 Å². The van der Waals surface area contributed by atoms with Gasteiger partial charge in [-0.2, -0.15) is 0 Å². The van der Waals surface area contributed by atoms with Gasteiger partial charge in [0, 0.05) is 23.7 Å². The van der Waals surface area contributed by atoms with Crippen LogP contribution in [0.25, 0.3) is 11.1 Å². The molecule has 2 aromatic heterocycles. The fourth-order valence-electron chi connectivity index (χ4n) is 2.86. The largest absolute Gasteiger partial charge is 0.479 e. The monoisotopic (exact) mass is 406 g/mol. The Morgan fingerprint density at radius 2 is 1.90 bits per heavy atom. The van der Waals surface area contributed by atoms with Crippen LogP contribution in [0.4, 0.5) is 5.69 Å². The molecule has 8 nitrogen and oxygen atoms in total. The Kier molecular flexibility index (Phi) is 6.71. The van der Waals surface area contributed by atoms with Crippen LogP contribution in [0.2, 0.25) is 0 Å². The van der Waals surface area contributed by atoms with Crippen LogP contribution in [0.3, 0.4) is 0 Å². The predicted molar refractivity (Wildman–Crippen MR) is 112 cm³/mol. The molecule has 0 aliphatic carbocycles. The molecule has 154 valence electrons. The van der Waals surface area contributed by atoms with Gasteiger partial charge in [-0.15, -0.1) is 0 Å². The molecule has 8 heteroatoms. The SMILES string of the molecule is Cc1cc(-c2cnc(OCC(=O)O)c(NC(=O)C(N)Cc3ccccc3)c2)ccn1. The summed E-state index contributed by atoms with van der Waals surface area (Å²) < 4.78 is 5.23. The van der Waals surface area contributed by atoms with Crippen LogP contribution in [0, 0.1) is 6.92 Å². The zero-order chi connectivity index (χ0) is 21.5. The van der Waals surface area contributed by atoms with Gasteiger partial charge in [-0.3, -0.25) is 9.78 Å². The van der Waals surface area contributed by atoms with Gasteiger partial charge in [-0.05, 0) is 42.7 Å². The molecule has 2 heterocycles. The summed E-state index contributed by atoms with van der Waals surface area (Å²) in [6.07, 6.45) is 3.58. The minimum absolute atomic E-state index is 0.00666. The molecule has 0 aliphatic rings. The molecule has 0 aliphatic heterocycles. The fraction of sp³-hybridized carbons (Fsp3) is 0.182. The number of carboxylic acid groups (broad SMARTS) is 1. The molecular formula is C22H22N4O4. The van der Waals surface area contributed by atoms with E-state index >= 15 is 0 Å². The van der Waals surface area contributed by atoms with Crippen LogP contribution < -0.4 is 15.8 Å². The zero-order valence-electron chi connectivity index (χ0n) is 16.4. The molecule has 0 fully saturated rings. The number of anilines is 1. The summed E-state index contributed by atoms with van der Waals surface area (Å²) in [5, 5.41) is 11.6. The summed E-state index contributed by atoms with van der Waals surface area (Å²) in [6.45, 7) is 1.28. The zero-order valence-corrected chi connectivity index (χ0v) is 16.4. The molecule has 1 unspecified atom stereocenters. The van der Waals surface area contributed by atoms with E-state index in [1.54, 1.807) is 18.5 Å². The minimum atomic E-state index is -1.15. The highest BCUT2D eigenvalue weighted by Gasteiger charge is 2.18. The lowest BCUT2D eigenvalue weighted by atomic mass is 10.1. The van der Waals surface area contributed by atoms with Crippen LogP contribution in [0.1, 0.15) is 11.3 Å². The third-order valence-electron chi connectivity index (χ3n) is 4.31. The van der Waals surface area contributed by atoms with Crippen molar-refractivity contribution in [2.24, 2.45) is 5.73 Å². The van der Waals surface area contributed by atoms with Crippen molar-refractivity contribution in [2.45, 2.75) is 19.4 Å². The summed E-state index contributed by atoms with van der Waals surface area (Å²) in [5.41, 5.74) is 9.64. The van der Waals surface area contributed by atoms with Crippen LogP contribution in [0.15, 0.2) is 60.9 Å². The second-order valence-electron chi connectivity index (χ2n) is 6.73. The number of carboxylic acids is 1. The average Bonchev–Trinajstić information content (AvgIpc) is 2.73. The number of benzene rings is 1. The highest BCUT2D eigenvalue weighted by molar-refractivity contribution is 5.96. The van der Waals surface area contributed by atoms with Gasteiger partial charge in [0.1, 0.15) is 5.69 Å². The standard InChI is InChI=1S/C22H22N4O4/c1-14-9-16(7-8-24-14)17-11-19(22(25-12-17)30-13-20(27)28)26-21(29)18(23)10-15-5-3-2-4-6-15/h2-9,11-12,18H,10,13,23H2,1H3,(H,26,29)(H,27,28). The number of rotatable bonds is 8. The quantitative estimate of drug-likeness (QED) is 0.524. The number of aryl methyl sites for hydroxylation is 1. The van der Waals surface area contributed by atoms with E-state index in [9.17, 15) is 9.59 Å². The van der Waals surface area contributed by atoms with E-state index in [-0.39, 0.29) is 11.6 Å². The Morgan fingerprint density at radius 3 is 2.60 bits per heavy atom. The molecule has 4 N–H and O–H groups in total. The lowest BCUT2D eigenvalue weighted by Crippen LogP contribution is -2.37. The van der Waals surface area contributed by atoms with Gasteiger partial charge < -0.3 is 20.9 Å². The highest BCUT2D eigenvalue weighted by Crippen LogP contribution is 2.28. The molecule has 1 atom stereocenters. The maximum atomic E-state index is 12.7. The Balaban J connectivity index is 1.84. The average molecular weight is 406 g/mol. The first-order chi connectivity index (χ1) is 14.4. The predicted octanol–water partition coefficient (Wildman–Crippen LogP) is 2.42. The Hall–Kier alpha value is -3.78. The molecule has 3 aromatic rings. The van der Waals surface area contributed by atoms with E-state index in [0.717, 1.165) is 22.4 Å². The number of ether oxygens (including phenoxy) is 1. The van der Waals surface area contributed by atoms with Crippen LogP contribution in [-0.2, 0) is 16.0 Å². The van der Waals surface area contributed by atoms with E-state index < -0.39 is 24.5 Å². The summed E-state index contributed by atoms with van der Waals surface area (Å²) in [5.74, 6) is -1.57. The molecule has 1 aromatic carbocycles. The van der Waals surface area contributed by atoms with Gasteiger partial charge >= 0.3 is 5.97 Å². The minimum Gasteiger partial charge on any atom is -0.479 e. The second-order valence-corrected chi connectivity index (χ2v) is 6.73. The normalized spacial score (nSPS) is 11.5. The number of aromatic nitrogens is 2. The molecule has 1 amide bonds. The van der Waals surface area contributed by atoms with Crippen molar-refractivity contribution in [3.05, 3.63) is 72.2 Å². The molecule has 0 spiro atoms. The Bertz CT molecular complexity index is 1040. The Morgan fingerprint density at radius 1 is 1.13 bits per heavy atom. The van der Waals surface area contributed by atoms with Gasteiger partial charge in [-0.1, -0.05) is 30.3 Å². The van der Waals surface area contributed by atoms with Gasteiger partial charge in [0.05, 0.1) is 6.04 Å².